The van der Waals surface area contributed by atoms with E-state index < -0.39 is 5.91 Å². The summed E-state index contributed by atoms with van der Waals surface area (Å²) in [5, 5.41) is 12.8. The second-order valence-corrected chi connectivity index (χ2v) is 6.21. The Bertz CT molecular complexity index is 950. The second-order valence-electron chi connectivity index (χ2n) is 5.27. The summed E-state index contributed by atoms with van der Waals surface area (Å²) in [6.45, 7) is 0. The number of carbonyl (C=O) groups excluding carboxylic acids is 1. The van der Waals surface area contributed by atoms with Gasteiger partial charge in [0.25, 0.3) is 5.91 Å². The molecule has 2 aromatic heterocycles. The molecule has 0 bridgehead atoms. The van der Waals surface area contributed by atoms with E-state index in [9.17, 15) is 4.79 Å². The number of thiophene rings is 1. The number of ether oxygens (including phenoxy) is 3. The molecule has 3 aromatic rings. The molecule has 8 nitrogen and oxygen atoms in total. The van der Waals surface area contributed by atoms with Gasteiger partial charge in [-0.15, -0.1) is 11.3 Å². The molecule has 1 aromatic carbocycles. The minimum atomic E-state index is -0.426. The summed E-state index contributed by atoms with van der Waals surface area (Å²) in [6.07, 6.45) is 1.46. The van der Waals surface area contributed by atoms with E-state index in [2.05, 4.69) is 20.7 Å². The Morgan fingerprint density at radius 1 is 1.19 bits per heavy atom. The minimum Gasteiger partial charge on any atom is -0.493 e. The first kappa shape index (κ1) is 18.5. The lowest BCUT2D eigenvalue weighted by molar-refractivity contribution is 0.0950. The number of rotatable bonds is 7. The molecule has 2 N–H and O–H groups in total. The van der Waals surface area contributed by atoms with Crippen LogP contribution in [0.15, 0.2) is 40.8 Å². The predicted octanol–water partition coefficient (Wildman–Crippen LogP) is 2.93. The van der Waals surface area contributed by atoms with E-state index in [0.29, 0.717) is 22.8 Å². The van der Waals surface area contributed by atoms with Crippen molar-refractivity contribution in [2.24, 2.45) is 5.10 Å². The zero-order chi connectivity index (χ0) is 19.2. The molecule has 140 valence electrons. The molecule has 0 aliphatic carbocycles. The van der Waals surface area contributed by atoms with Crippen LogP contribution in [0.5, 0.6) is 17.2 Å². The fourth-order valence-corrected chi connectivity index (χ4v) is 3.13. The smallest absolute Gasteiger partial charge is 0.291 e. The average Bonchev–Trinajstić information content (AvgIpc) is 3.38. The van der Waals surface area contributed by atoms with Crippen LogP contribution in [0.25, 0.3) is 10.6 Å². The lowest BCUT2D eigenvalue weighted by Gasteiger charge is -2.13. The van der Waals surface area contributed by atoms with Crippen molar-refractivity contribution < 1.29 is 19.0 Å². The molecule has 0 saturated heterocycles. The van der Waals surface area contributed by atoms with Gasteiger partial charge in [-0.2, -0.15) is 10.2 Å². The Kier molecular flexibility index (Phi) is 5.72. The molecule has 27 heavy (non-hydrogen) atoms. The first-order valence-electron chi connectivity index (χ1n) is 7.89. The van der Waals surface area contributed by atoms with Crippen LogP contribution in [-0.2, 0) is 0 Å². The van der Waals surface area contributed by atoms with Gasteiger partial charge in [-0.3, -0.25) is 9.89 Å². The number of H-pyrrole nitrogens is 1. The number of amides is 1. The number of methoxy groups -OCH3 is 3. The molecule has 0 fully saturated rings. The number of nitrogens with zero attached hydrogens (tertiary/aromatic N) is 2. The average molecular weight is 386 g/mol. The molecule has 0 aliphatic heterocycles. The van der Waals surface area contributed by atoms with Gasteiger partial charge in [-0.1, -0.05) is 6.07 Å². The van der Waals surface area contributed by atoms with E-state index in [1.54, 1.807) is 36.6 Å². The highest BCUT2D eigenvalue weighted by Crippen LogP contribution is 2.38. The van der Waals surface area contributed by atoms with Crippen LogP contribution in [0.3, 0.4) is 0 Å². The van der Waals surface area contributed by atoms with Gasteiger partial charge in [0.2, 0.25) is 5.75 Å². The van der Waals surface area contributed by atoms with Gasteiger partial charge in [-0.05, 0) is 29.6 Å². The minimum absolute atomic E-state index is 0.245. The van der Waals surface area contributed by atoms with Gasteiger partial charge >= 0.3 is 0 Å². The van der Waals surface area contributed by atoms with Crippen LogP contribution in [0.4, 0.5) is 0 Å². The van der Waals surface area contributed by atoms with E-state index in [-0.39, 0.29) is 5.69 Å². The van der Waals surface area contributed by atoms with E-state index in [0.717, 1.165) is 10.6 Å². The Labute approximate surface area is 159 Å². The lowest BCUT2D eigenvalue weighted by atomic mass is 10.2. The van der Waals surface area contributed by atoms with Crippen molar-refractivity contribution in [3.05, 3.63) is 47.0 Å². The maximum atomic E-state index is 12.2. The first-order valence-corrected chi connectivity index (χ1v) is 8.77. The Morgan fingerprint density at radius 2 is 2.00 bits per heavy atom. The quantitative estimate of drug-likeness (QED) is 0.481. The predicted molar refractivity (Wildman–Crippen MR) is 103 cm³/mol. The van der Waals surface area contributed by atoms with Gasteiger partial charge in [0.1, 0.15) is 0 Å². The maximum absolute atomic E-state index is 12.2. The molecule has 0 unspecified atom stereocenters. The number of carbonyl (C=O) groups is 1. The summed E-state index contributed by atoms with van der Waals surface area (Å²) in [4.78, 5) is 13.2. The van der Waals surface area contributed by atoms with Crippen molar-refractivity contribution in [2.45, 2.75) is 0 Å². The summed E-state index contributed by atoms with van der Waals surface area (Å²) < 4.78 is 15.9. The number of aromatic nitrogens is 2. The number of hydrogen-bond donors (Lipinski definition) is 2. The molecular weight excluding hydrogens is 368 g/mol. The molecule has 0 radical (unpaired) electrons. The van der Waals surface area contributed by atoms with Crippen LogP contribution in [0.1, 0.15) is 16.1 Å². The summed E-state index contributed by atoms with van der Waals surface area (Å²) in [5.41, 5.74) is 4.09. The standard InChI is InChI=1S/C18H18N4O4S/c1-24-14-7-6-11(16(25-2)17(14)26-3)10-19-22-18(23)13-9-12(20-21-13)15-5-4-8-27-15/h4-10H,1-3H3,(H,20,21)(H,22,23)/b19-10+. The second kappa shape index (κ2) is 8.37. The third-order valence-electron chi connectivity index (χ3n) is 3.70. The van der Waals surface area contributed by atoms with Gasteiger partial charge in [0.05, 0.1) is 38.1 Å². The van der Waals surface area contributed by atoms with Crippen LogP contribution in [0, 0.1) is 0 Å². The number of nitrogens with one attached hydrogen (secondary N) is 2. The fourth-order valence-electron chi connectivity index (χ4n) is 2.44. The van der Waals surface area contributed by atoms with Crippen molar-refractivity contribution in [1.29, 1.82) is 0 Å². The highest BCUT2D eigenvalue weighted by molar-refractivity contribution is 7.13. The van der Waals surface area contributed by atoms with Gasteiger partial charge in [0.15, 0.2) is 17.2 Å². The molecule has 9 heteroatoms. The number of aromatic amines is 1. The van der Waals surface area contributed by atoms with Crippen molar-refractivity contribution in [1.82, 2.24) is 15.6 Å². The van der Waals surface area contributed by atoms with E-state index >= 15 is 0 Å². The topological polar surface area (TPSA) is 97.8 Å². The largest absolute Gasteiger partial charge is 0.493 e. The number of benzene rings is 1. The normalized spacial score (nSPS) is 10.8. The Balaban J connectivity index is 1.73. The van der Waals surface area contributed by atoms with Crippen LogP contribution in [0.2, 0.25) is 0 Å². The third kappa shape index (κ3) is 3.93. The van der Waals surface area contributed by atoms with E-state index in [1.165, 1.54) is 20.4 Å². The fraction of sp³-hybridized carbons (Fsp3) is 0.167. The summed E-state index contributed by atoms with van der Waals surface area (Å²) in [7, 11) is 4.58. The summed E-state index contributed by atoms with van der Waals surface area (Å²) >= 11 is 1.56. The molecule has 1 amide bonds. The first-order chi connectivity index (χ1) is 13.2. The third-order valence-corrected chi connectivity index (χ3v) is 4.60. The van der Waals surface area contributed by atoms with Crippen molar-refractivity contribution >= 4 is 23.5 Å². The zero-order valence-electron chi connectivity index (χ0n) is 15.0. The molecule has 0 aliphatic rings. The molecule has 0 atom stereocenters. The maximum Gasteiger partial charge on any atom is 0.291 e. The SMILES string of the molecule is COc1ccc(/C=N/NC(=O)c2cc(-c3cccs3)[nH]n2)c(OC)c1OC. The van der Waals surface area contributed by atoms with Crippen molar-refractivity contribution in [2.75, 3.05) is 21.3 Å². The summed E-state index contributed by atoms with van der Waals surface area (Å²) in [5.74, 6) is 1.01. The molecular formula is C18H18N4O4S. The van der Waals surface area contributed by atoms with Gasteiger partial charge < -0.3 is 14.2 Å². The zero-order valence-corrected chi connectivity index (χ0v) is 15.8. The van der Waals surface area contributed by atoms with Crippen LogP contribution >= 0.6 is 11.3 Å². The van der Waals surface area contributed by atoms with Crippen molar-refractivity contribution in [3.8, 4) is 27.8 Å². The summed E-state index contributed by atoms with van der Waals surface area (Å²) in [6, 6.07) is 9.03. The van der Waals surface area contributed by atoms with Crippen molar-refractivity contribution in [3.63, 3.8) is 0 Å². The van der Waals surface area contributed by atoms with E-state index in [4.69, 9.17) is 14.2 Å². The van der Waals surface area contributed by atoms with Crippen LogP contribution in [-0.4, -0.2) is 43.6 Å². The van der Waals surface area contributed by atoms with Crippen LogP contribution < -0.4 is 19.6 Å². The monoisotopic (exact) mass is 386 g/mol. The molecule has 0 spiro atoms. The molecule has 0 saturated carbocycles. The lowest BCUT2D eigenvalue weighted by Crippen LogP contribution is -2.18. The van der Waals surface area contributed by atoms with E-state index in [1.807, 2.05) is 17.5 Å². The Hall–Kier alpha value is -3.33. The highest BCUT2D eigenvalue weighted by Gasteiger charge is 2.15. The molecule has 2 heterocycles. The van der Waals surface area contributed by atoms with Gasteiger partial charge in [0, 0.05) is 5.56 Å². The number of hydrogen-bond acceptors (Lipinski definition) is 7. The highest BCUT2D eigenvalue weighted by atomic mass is 32.1. The van der Waals surface area contributed by atoms with Gasteiger partial charge in [-0.25, -0.2) is 5.43 Å². The molecule has 3 rings (SSSR count). The Morgan fingerprint density at radius 3 is 2.67 bits per heavy atom. The number of hydrazone groups is 1.